The first kappa shape index (κ1) is 14.0. The van der Waals surface area contributed by atoms with Crippen molar-refractivity contribution in [2.24, 2.45) is 0 Å². The van der Waals surface area contributed by atoms with E-state index in [0.29, 0.717) is 15.8 Å². The molecular formula is C15H14BrFO2. The monoisotopic (exact) mass is 324 g/mol. The van der Waals surface area contributed by atoms with Crippen LogP contribution in [-0.2, 0) is 0 Å². The highest BCUT2D eigenvalue weighted by Gasteiger charge is 2.17. The highest BCUT2D eigenvalue weighted by molar-refractivity contribution is 9.10. The summed E-state index contributed by atoms with van der Waals surface area (Å²) < 4.78 is 19.6. The normalized spacial score (nSPS) is 12.3. The van der Waals surface area contributed by atoms with E-state index in [1.54, 1.807) is 37.4 Å². The largest absolute Gasteiger partial charge is 0.497 e. The van der Waals surface area contributed by atoms with Gasteiger partial charge in [-0.05, 0) is 36.2 Å². The number of aryl methyl sites for hydroxylation is 1. The number of aliphatic hydroxyl groups is 1. The first-order chi connectivity index (χ1) is 9.02. The van der Waals surface area contributed by atoms with Crippen LogP contribution in [0.15, 0.2) is 40.9 Å². The van der Waals surface area contributed by atoms with E-state index in [1.165, 1.54) is 6.07 Å². The van der Waals surface area contributed by atoms with Gasteiger partial charge in [-0.1, -0.05) is 34.1 Å². The van der Waals surface area contributed by atoms with Gasteiger partial charge in [-0.15, -0.1) is 0 Å². The molecule has 0 bridgehead atoms. The molecule has 4 heteroatoms. The van der Waals surface area contributed by atoms with Gasteiger partial charge < -0.3 is 9.84 Å². The zero-order chi connectivity index (χ0) is 14.0. The lowest BCUT2D eigenvalue weighted by atomic mass is 10.00. The standard InChI is InChI=1S/C15H14BrFO2/c1-9-3-5-12(14(17)7-9)15(18)11-6-4-10(19-2)8-13(11)16/h3-8,15,18H,1-2H3. The Hall–Kier alpha value is -1.39. The van der Waals surface area contributed by atoms with E-state index in [4.69, 9.17) is 4.74 Å². The second-order valence-corrected chi connectivity index (χ2v) is 5.17. The van der Waals surface area contributed by atoms with Crippen molar-refractivity contribution in [2.75, 3.05) is 7.11 Å². The number of benzene rings is 2. The molecule has 0 amide bonds. The number of methoxy groups -OCH3 is 1. The van der Waals surface area contributed by atoms with E-state index < -0.39 is 11.9 Å². The second-order valence-electron chi connectivity index (χ2n) is 4.31. The third-order valence-electron chi connectivity index (χ3n) is 2.95. The molecule has 2 aromatic carbocycles. The lowest BCUT2D eigenvalue weighted by molar-refractivity contribution is 0.214. The zero-order valence-corrected chi connectivity index (χ0v) is 12.2. The molecule has 0 fully saturated rings. The summed E-state index contributed by atoms with van der Waals surface area (Å²) in [4.78, 5) is 0. The first-order valence-electron chi connectivity index (χ1n) is 5.80. The van der Waals surface area contributed by atoms with Gasteiger partial charge in [-0.25, -0.2) is 4.39 Å². The second kappa shape index (κ2) is 5.72. The maximum atomic E-state index is 13.9. The van der Waals surface area contributed by atoms with Crippen molar-refractivity contribution in [1.82, 2.24) is 0 Å². The Balaban J connectivity index is 2.41. The lowest BCUT2D eigenvalue weighted by Gasteiger charge is -2.15. The van der Waals surface area contributed by atoms with E-state index in [1.807, 2.05) is 6.92 Å². The minimum Gasteiger partial charge on any atom is -0.497 e. The van der Waals surface area contributed by atoms with Crippen LogP contribution in [0.1, 0.15) is 22.8 Å². The van der Waals surface area contributed by atoms with Crippen LogP contribution in [0.5, 0.6) is 5.75 Å². The Kier molecular flexibility index (Phi) is 4.22. The van der Waals surface area contributed by atoms with Gasteiger partial charge in [0.1, 0.15) is 17.7 Å². The Morgan fingerprint density at radius 1 is 1.16 bits per heavy atom. The van der Waals surface area contributed by atoms with E-state index in [0.717, 1.165) is 5.56 Å². The number of hydrogen-bond donors (Lipinski definition) is 1. The molecule has 2 nitrogen and oxygen atoms in total. The smallest absolute Gasteiger partial charge is 0.129 e. The van der Waals surface area contributed by atoms with Crippen molar-refractivity contribution >= 4 is 15.9 Å². The maximum absolute atomic E-state index is 13.9. The van der Waals surface area contributed by atoms with Gasteiger partial charge in [0, 0.05) is 10.0 Å². The topological polar surface area (TPSA) is 29.5 Å². The Bertz CT molecular complexity index is 599. The van der Waals surface area contributed by atoms with Gasteiger partial charge >= 0.3 is 0 Å². The van der Waals surface area contributed by atoms with E-state index in [-0.39, 0.29) is 5.56 Å². The average Bonchev–Trinajstić information content (AvgIpc) is 2.37. The number of hydrogen-bond acceptors (Lipinski definition) is 2. The summed E-state index contributed by atoms with van der Waals surface area (Å²) in [6, 6.07) is 9.98. The van der Waals surface area contributed by atoms with Crippen LogP contribution < -0.4 is 4.74 Å². The van der Waals surface area contributed by atoms with E-state index in [2.05, 4.69) is 15.9 Å². The fourth-order valence-corrected chi connectivity index (χ4v) is 2.45. The van der Waals surface area contributed by atoms with Crippen LogP contribution in [0.25, 0.3) is 0 Å². The molecule has 0 aliphatic carbocycles. The molecule has 2 aromatic rings. The molecule has 0 radical (unpaired) electrons. The van der Waals surface area contributed by atoms with Crippen molar-refractivity contribution in [2.45, 2.75) is 13.0 Å². The third-order valence-corrected chi connectivity index (χ3v) is 3.64. The molecular weight excluding hydrogens is 311 g/mol. The molecule has 1 N–H and O–H groups in total. The van der Waals surface area contributed by atoms with Crippen LogP contribution in [0.3, 0.4) is 0 Å². The number of ether oxygens (including phenoxy) is 1. The number of halogens is 2. The van der Waals surface area contributed by atoms with Crippen molar-refractivity contribution in [1.29, 1.82) is 0 Å². The van der Waals surface area contributed by atoms with Crippen LogP contribution in [0.4, 0.5) is 4.39 Å². The zero-order valence-electron chi connectivity index (χ0n) is 10.7. The molecule has 0 aliphatic rings. The molecule has 2 rings (SSSR count). The lowest BCUT2D eigenvalue weighted by Crippen LogP contribution is -2.04. The third kappa shape index (κ3) is 2.96. The van der Waals surface area contributed by atoms with Gasteiger partial charge in [0.25, 0.3) is 0 Å². The van der Waals surface area contributed by atoms with Crippen molar-refractivity contribution in [3.05, 3.63) is 63.4 Å². The molecule has 0 aliphatic heterocycles. The van der Waals surface area contributed by atoms with Crippen LogP contribution in [-0.4, -0.2) is 12.2 Å². The Morgan fingerprint density at radius 2 is 1.84 bits per heavy atom. The molecule has 0 spiro atoms. The molecule has 1 unspecified atom stereocenters. The van der Waals surface area contributed by atoms with Crippen molar-refractivity contribution in [3.8, 4) is 5.75 Å². The highest BCUT2D eigenvalue weighted by atomic mass is 79.9. The highest BCUT2D eigenvalue weighted by Crippen LogP contribution is 2.32. The Labute approximate surface area is 120 Å². The van der Waals surface area contributed by atoms with Crippen molar-refractivity contribution in [3.63, 3.8) is 0 Å². The van der Waals surface area contributed by atoms with E-state index in [9.17, 15) is 9.50 Å². The van der Waals surface area contributed by atoms with Crippen LogP contribution >= 0.6 is 15.9 Å². The van der Waals surface area contributed by atoms with Crippen LogP contribution in [0.2, 0.25) is 0 Å². The molecule has 0 saturated carbocycles. The van der Waals surface area contributed by atoms with Gasteiger partial charge in [0.05, 0.1) is 7.11 Å². The SMILES string of the molecule is COc1ccc(C(O)c2ccc(C)cc2F)c(Br)c1. The summed E-state index contributed by atoms with van der Waals surface area (Å²) in [6.07, 6.45) is -1.01. The van der Waals surface area contributed by atoms with Gasteiger partial charge in [-0.3, -0.25) is 0 Å². The number of rotatable bonds is 3. The quantitative estimate of drug-likeness (QED) is 0.925. The molecule has 0 heterocycles. The fraction of sp³-hybridized carbons (Fsp3) is 0.200. The summed E-state index contributed by atoms with van der Waals surface area (Å²) in [5, 5.41) is 10.3. The first-order valence-corrected chi connectivity index (χ1v) is 6.59. The van der Waals surface area contributed by atoms with Gasteiger partial charge in [0.15, 0.2) is 0 Å². The minimum atomic E-state index is -1.01. The summed E-state index contributed by atoms with van der Waals surface area (Å²) in [7, 11) is 1.57. The molecule has 100 valence electrons. The summed E-state index contributed by atoms with van der Waals surface area (Å²) in [5.41, 5.74) is 1.68. The molecule has 0 aromatic heterocycles. The van der Waals surface area contributed by atoms with Gasteiger partial charge in [0.2, 0.25) is 0 Å². The predicted octanol–water partition coefficient (Wildman–Crippen LogP) is 3.99. The Morgan fingerprint density at radius 3 is 2.42 bits per heavy atom. The summed E-state index contributed by atoms with van der Waals surface area (Å²) >= 11 is 3.36. The molecule has 0 saturated heterocycles. The minimum absolute atomic E-state index is 0.261. The molecule has 1 atom stereocenters. The maximum Gasteiger partial charge on any atom is 0.129 e. The average molecular weight is 325 g/mol. The van der Waals surface area contributed by atoms with E-state index >= 15 is 0 Å². The number of aliphatic hydroxyl groups excluding tert-OH is 1. The predicted molar refractivity (Wildman–Crippen MR) is 75.9 cm³/mol. The van der Waals surface area contributed by atoms with Crippen LogP contribution in [0, 0.1) is 12.7 Å². The van der Waals surface area contributed by atoms with Gasteiger partial charge in [-0.2, -0.15) is 0 Å². The fourth-order valence-electron chi connectivity index (χ4n) is 1.88. The van der Waals surface area contributed by atoms with Crippen molar-refractivity contribution < 1.29 is 14.2 Å². The molecule has 19 heavy (non-hydrogen) atoms. The summed E-state index contributed by atoms with van der Waals surface area (Å²) in [5.74, 6) is 0.266. The summed E-state index contributed by atoms with van der Waals surface area (Å²) in [6.45, 7) is 1.81.